The Labute approximate surface area is 127 Å². The standard InChI is InChI=1S/C16H26N2O3/c1-3-7-18(8-4-2)15(19)13-17-9-5-6-14(12-17)16-20-10-11-21-16/h3-4,14,16H,1-2,5-13H2. The number of piperidine rings is 1. The molecule has 0 aromatic rings. The Hall–Kier alpha value is -1.17. The van der Waals surface area contributed by atoms with Gasteiger partial charge in [-0.2, -0.15) is 0 Å². The quantitative estimate of drug-likeness (QED) is 0.663. The Morgan fingerprint density at radius 3 is 2.52 bits per heavy atom. The van der Waals surface area contributed by atoms with Crippen molar-refractivity contribution in [1.82, 2.24) is 9.80 Å². The number of nitrogens with zero attached hydrogens (tertiary/aromatic N) is 2. The van der Waals surface area contributed by atoms with Gasteiger partial charge in [0.1, 0.15) is 0 Å². The Morgan fingerprint density at radius 1 is 1.24 bits per heavy atom. The second-order valence-corrected chi connectivity index (χ2v) is 5.62. The van der Waals surface area contributed by atoms with Gasteiger partial charge in [-0.1, -0.05) is 12.2 Å². The van der Waals surface area contributed by atoms with Gasteiger partial charge in [0.2, 0.25) is 5.91 Å². The maximum absolute atomic E-state index is 12.3. The number of carbonyl (C=O) groups excluding carboxylic acids is 1. The molecule has 0 spiro atoms. The molecule has 0 bridgehead atoms. The molecule has 0 N–H and O–H groups in total. The highest BCUT2D eigenvalue weighted by Crippen LogP contribution is 2.24. The molecule has 0 aliphatic carbocycles. The zero-order chi connectivity index (χ0) is 15.1. The molecule has 21 heavy (non-hydrogen) atoms. The number of hydrogen-bond donors (Lipinski definition) is 0. The fourth-order valence-electron chi connectivity index (χ4n) is 2.99. The van der Waals surface area contributed by atoms with Crippen LogP contribution in [0.5, 0.6) is 0 Å². The topological polar surface area (TPSA) is 42.0 Å². The van der Waals surface area contributed by atoms with Crippen molar-refractivity contribution in [2.75, 3.05) is 45.9 Å². The predicted octanol–water partition coefficient (Wildman–Crippen LogP) is 1.27. The molecule has 1 unspecified atom stereocenters. The molecular weight excluding hydrogens is 268 g/mol. The van der Waals surface area contributed by atoms with Crippen LogP contribution < -0.4 is 0 Å². The molecule has 1 atom stereocenters. The molecule has 2 saturated heterocycles. The van der Waals surface area contributed by atoms with Crippen molar-refractivity contribution in [3.8, 4) is 0 Å². The normalized spacial score (nSPS) is 23.9. The monoisotopic (exact) mass is 294 g/mol. The largest absolute Gasteiger partial charge is 0.350 e. The number of carbonyl (C=O) groups is 1. The van der Waals surface area contributed by atoms with Crippen LogP contribution in [0.1, 0.15) is 12.8 Å². The minimum Gasteiger partial charge on any atom is -0.350 e. The van der Waals surface area contributed by atoms with E-state index in [-0.39, 0.29) is 12.2 Å². The van der Waals surface area contributed by atoms with Crippen LogP contribution in [0.25, 0.3) is 0 Å². The Kier molecular flexibility index (Phi) is 6.42. The third-order valence-corrected chi connectivity index (χ3v) is 3.98. The summed E-state index contributed by atoms with van der Waals surface area (Å²) in [4.78, 5) is 16.3. The average molecular weight is 294 g/mol. The first-order chi connectivity index (χ1) is 10.2. The fourth-order valence-corrected chi connectivity index (χ4v) is 2.99. The van der Waals surface area contributed by atoms with Crippen molar-refractivity contribution in [3.05, 3.63) is 25.3 Å². The molecule has 2 aliphatic rings. The molecule has 2 aliphatic heterocycles. The van der Waals surface area contributed by atoms with Crippen LogP contribution in [-0.4, -0.2) is 67.9 Å². The van der Waals surface area contributed by atoms with Crippen LogP contribution in [0.3, 0.4) is 0 Å². The van der Waals surface area contributed by atoms with Gasteiger partial charge < -0.3 is 14.4 Å². The Morgan fingerprint density at radius 2 is 1.90 bits per heavy atom. The number of ether oxygens (including phenoxy) is 2. The van der Waals surface area contributed by atoms with Crippen molar-refractivity contribution >= 4 is 5.91 Å². The van der Waals surface area contributed by atoms with Gasteiger partial charge in [-0.15, -0.1) is 13.2 Å². The van der Waals surface area contributed by atoms with E-state index >= 15 is 0 Å². The van der Waals surface area contributed by atoms with Gasteiger partial charge in [-0.05, 0) is 19.4 Å². The molecule has 118 valence electrons. The summed E-state index contributed by atoms with van der Waals surface area (Å²) >= 11 is 0. The van der Waals surface area contributed by atoms with Crippen LogP contribution >= 0.6 is 0 Å². The van der Waals surface area contributed by atoms with Gasteiger partial charge in [0, 0.05) is 25.6 Å². The highest BCUT2D eigenvalue weighted by atomic mass is 16.7. The zero-order valence-corrected chi connectivity index (χ0v) is 12.7. The van der Waals surface area contributed by atoms with Crippen molar-refractivity contribution in [2.24, 2.45) is 5.92 Å². The molecule has 2 fully saturated rings. The maximum atomic E-state index is 12.3. The molecule has 5 heteroatoms. The van der Waals surface area contributed by atoms with Crippen LogP contribution in [0.15, 0.2) is 25.3 Å². The predicted molar refractivity (Wildman–Crippen MR) is 81.8 cm³/mol. The van der Waals surface area contributed by atoms with E-state index in [4.69, 9.17) is 9.47 Å². The molecule has 5 nitrogen and oxygen atoms in total. The summed E-state index contributed by atoms with van der Waals surface area (Å²) in [6.45, 7) is 12.2. The van der Waals surface area contributed by atoms with Gasteiger partial charge in [0.05, 0.1) is 19.8 Å². The molecule has 0 aromatic heterocycles. The summed E-state index contributed by atoms with van der Waals surface area (Å²) in [5, 5.41) is 0. The molecule has 0 aromatic carbocycles. The van der Waals surface area contributed by atoms with Crippen molar-refractivity contribution in [1.29, 1.82) is 0 Å². The van der Waals surface area contributed by atoms with E-state index in [1.165, 1.54) is 0 Å². The lowest BCUT2D eigenvalue weighted by molar-refractivity contribution is -0.134. The first-order valence-electron chi connectivity index (χ1n) is 7.69. The zero-order valence-electron chi connectivity index (χ0n) is 12.7. The second kappa shape index (κ2) is 8.32. The minimum atomic E-state index is -0.0830. The van der Waals surface area contributed by atoms with Gasteiger partial charge in [-0.3, -0.25) is 9.69 Å². The molecule has 2 rings (SSSR count). The maximum Gasteiger partial charge on any atom is 0.237 e. The lowest BCUT2D eigenvalue weighted by Crippen LogP contribution is -2.46. The van der Waals surface area contributed by atoms with Crippen LogP contribution in [-0.2, 0) is 14.3 Å². The van der Waals surface area contributed by atoms with Crippen LogP contribution in [0, 0.1) is 5.92 Å². The third kappa shape index (κ3) is 4.66. The van der Waals surface area contributed by atoms with Crippen molar-refractivity contribution in [2.45, 2.75) is 19.1 Å². The first-order valence-corrected chi connectivity index (χ1v) is 7.69. The van der Waals surface area contributed by atoms with E-state index in [9.17, 15) is 4.79 Å². The smallest absolute Gasteiger partial charge is 0.237 e. The summed E-state index contributed by atoms with van der Waals surface area (Å²) in [6, 6.07) is 0. The van der Waals surface area contributed by atoms with E-state index in [0.717, 1.165) is 25.9 Å². The van der Waals surface area contributed by atoms with E-state index in [1.54, 1.807) is 17.1 Å². The van der Waals surface area contributed by atoms with Crippen LogP contribution in [0.4, 0.5) is 0 Å². The molecule has 2 heterocycles. The highest BCUT2D eigenvalue weighted by molar-refractivity contribution is 5.78. The summed E-state index contributed by atoms with van der Waals surface area (Å²) in [5.74, 6) is 0.505. The molecule has 1 amide bonds. The summed E-state index contributed by atoms with van der Waals surface area (Å²) in [7, 11) is 0. The third-order valence-electron chi connectivity index (χ3n) is 3.98. The molecule has 0 saturated carbocycles. The van der Waals surface area contributed by atoms with E-state index < -0.39 is 0 Å². The van der Waals surface area contributed by atoms with Gasteiger partial charge in [-0.25, -0.2) is 0 Å². The number of amides is 1. The summed E-state index contributed by atoms with van der Waals surface area (Å²) in [5.41, 5.74) is 0. The lowest BCUT2D eigenvalue weighted by Gasteiger charge is -2.35. The number of likely N-dealkylation sites (tertiary alicyclic amines) is 1. The van der Waals surface area contributed by atoms with E-state index in [0.29, 0.717) is 38.8 Å². The lowest BCUT2D eigenvalue weighted by atomic mass is 9.97. The van der Waals surface area contributed by atoms with Gasteiger partial charge in [0.15, 0.2) is 6.29 Å². The SMILES string of the molecule is C=CCN(CC=C)C(=O)CN1CCCC(C2OCCO2)C1. The first kappa shape index (κ1) is 16.2. The Balaban J connectivity index is 1.84. The summed E-state index contributed by atoms with van der Waals surface area (Å²) < 4.78 is 11.2. The van der Waals surface area contributed by atoms with Gasteiger partial charge >= 0.3 is 0 Å². The van der Waals surface area contributed by atoms with Gasteiger partial charge in [0.25, 0.3) is 0 Å². The van der Waals surface area contributed by atoms with Crippen molar-refractivity contribution < 1.29 is 14.3 Å². The van der Waals surface area contributed by atoms with E-state index in [2.05, 4.69) is 18.1 Å². The highest BCUT2D eigenvalue weighted by Gasteiger charge is 2.31. The molecular formula is C16H26N2O3. The van der Waals surface area contributed by atoms with E-state index in [1.807, 2.05) is 0 Å². The fraction of sp³-hybridized carbons (Fsp3) is 0.688. The Bertz CT molecular complexity index is 357. The van der Waals surface area contributed by atoms with Crippen molar-refractivity contribution in [3.63, 3.8) is 0 Å². The molecule has 0 radical (unpaired) electrons. The average Bonchev–Trinajstić information content (AvgIpc) is 3.01. The number of rotatable bonds is 7. The minimum absolute atomic E-state index is 0.0830. The second-order valence-electron chi connectivity index (χ2n) is 5.62. The summed E-state index contributed by atoms with van der Waals surface area (Å²) in [6.07, 6.45) is 5.62. The number of hydrogen-bond acceptors (Lipinski definition) is 4. The van der Waals surface area contributed by atoms with Crippen LogP contribution in [0.2, 0.25) is 0 Å².